The normalized spacial score (nSPS) is 13.4. The smallest absolute Gasteiger partial charge is 0.263 e. The first-order chi connectivity index (χ1) is 12.9. The van der Waals surface area contributed by atoms with Crippen molar-refractivity contribution in [3.05, 3.63) is 48.4 Å². The standard InChI is InChI=1S/C18H20N6O2S/c1-23(2)16-10-9-15(12-19-16)27(25,26)22-14-7-5-13(6-8-14)18-21-20-17-4-3-11-24(17)18/h5-10,12,22H,3-4,11H2,1-2H3. The maximum absolute atomic E-state index is 12.6. The van der Waals surface area contributed by atoms with Gasteiger partial charge in [-0.25, -0.2) is 13.4 Å². The third kappa shape index (κ3) is 3.37. The summed E-state index contributed by atoms with van der Waals surface area (Å²) in [5.41, 5.74) is 1.40. The first kappa shape index (κ1) is 17.5. The van der Waals surface area contributed by atoms with Gasteiger partial charge in [-0.1, -0.05) is 0 Å². The molecule has 3 aromatic rings. The number of nitrogens with one attached hydrogen (secondary N) is 1. The molecule has 0 saturated carbocycles. The highest BCUT2D eigenvalue weighted by atomic mass is 32.2. The number of aryl methyl sites for hydroxylation is 1. The fourth-order valence-corrected chi connectivity index (χ4v) is 4.06. The number of fused-ring (bicyclic) bond motifs is 1. The van der Waals surface area contributed by atoms with Gasteiger partial charge in [0.25, 0.3) is 10.0 Å². The molecule has 0 amide bonds. The van der Waals surface area contributed by atoms with Crippen molar-refractivity contribution in [1.82, 2.24) is 19.7 Å². The molecule has 0 unspecified atom stereocenters. The second-order valence-electron chi connectivity index (χ2n) is 6.62. The van der Waals surface area contributed by atoms with Crippen LogP contribution in [-0.2, 0) is 23.0 Å². The van der Waals surface area contributed by atoms with Crippen LogP contribution in [0.3, 0.4) is 0 Å². The van der Waals surface area contributed by atoms with Crippen molar-refractivity contribution in [3.8, 4) is 11.4 Å². The van der Waals surface area contributed by atoms with Crippen LogP contribution in [0, 0.1) is 0 Å². The Bertz CT molecular complexity index is 1060. The summed E-state index contributed by atoms with van der Waals surface area (Å²) >= 11 is 0. The Morgan fingerprint density at radius 2 is 1.85 bits per heavy atom. The maximum atomic E-state index is 12.6. The van der Waals surface area contributed by atoms with Gasteiger partial charge >= 0.3 is 0 Å². The minimum atomic E-state index is -3.70. The van der Waals surface area contributed by atoms with Crippen LogP contribution in [0.5, 0.6) is 0 Å². The molecule has 27 heavy (non-hydrogen) atoms. The maximum Gasteiger partial charge on any atom is 0.263 e. The van der Waals surface area contributed by atoms with Gasteiger partial charge in [0, 0.05) is 44.5 Å². The molecule has 0 fully saturated rings. The summed E-state index contributed by atoms with van der Waals surface area (Å²) in [6.45, 7) is 0.919. The van der Waals surface area contributed by atoms with Gasteiger partial charge in [-0.15, -0.1) is 10.2 Å². The molecule has 1 aliphatic heterocycles. The fraction of sp³-hybridized carbons (Fsp3) is 0.278. The molecule has 0 bridgehead atoms. The Morgan fingerprint density at radius 1 is 1.07 bits per heavy atom. The van der Waals surface area contributed by atoms with E-state index in [1.165, 1.54) is 6.20 Å². The largest absolute Gasteiger partial charge is 0.363 e. The van der Waals surface area contributed by atoms with Gasteiger partial charge < -0.3 is 9.47 Å². The quantitative estimate of drug-likeness (QED) is 0.725. The molecule has 3 heterocycles. The van der Waals surface area contributed by atoms with Crippen molar-refractivity contribution >= 4 is 21.5 Å². The van der Waals surface area contributed by atoms with Crippen LogP contribution in [0.4, 0.5) is 11.5 Å². The molecule has 0 spiro atoms. The molecule has 140 valence electrons. The van der Waals surface area contributed by atoms with Crippen molar-refractivity contribution in [1.29, 1.82) is 0 Å². The molecule has 0 atom stereocenters. The Labute approximate surface area is 157 Å². The minimum Gasteiger partial charge on any atom is -0.363 e. The highest BCUT2D eigenvalue weighted by Gasteiger charge is 2.19. The zero-order valence-electron chi connectivity index (χ0n) is 15.1. The van der Waals surface area contributed by atoms with E-state index in [-0.39, 0.29) is 4.90 Å². The van der Waals surface area contributed by atoms with E-state index in [0.29, 0.717) is 11.5 Å². The highest BCUT2D eigenvalue weighted by molar-refractivity contribution is 7.92. The number of pyridine rings is 1. The number of rotatable bonds is 5. The Kier molecular flexibility index (Phi) is 4.31. The van der Waals surface area contributed by atoms with Crippen molar-refractivity contribution in [3.63, 3.8) is 0 Å². The molecule has 0 saturated heterocycles. The summed E-state index contributed by atoms with van der Waals surface area (Å²) in [5.74, 6) is 2.52. The third-order valence-electron chi connectivity index (χ3n) is 4.49. The lowest BCUT2D eigenvalue weighted by Crippen LogP contribution is -2.15. The van der Waals surface area contributed by atoms with Crippen LogP contribution in [0.2, 0.25) is 0 Å². The van der Waals surface area contributed by atoms with Gasteiger partial charge in [0.15, 0.2) is 5.82 Å². The molecule has 0 aliphatic carbocycles. The summed E-state index contributed by atoms with van der Waals surface area (Å²) in [5, 5.41) is 8.45. The Balaban J connectivity index is 1.54. The number of benzene rings is 1. The van der Waals surface area contributed by atoms with E-state index in [9.17, 15) is 8.42 Å². The van der Waals surface area contributed by atoms with Crippen molar-refractivity contribution < 1.29 is 8.42 Å². The number of hydrogen-bond acceptors (Lipinski definition) is 6. The van der Waals surface area contributed by atoms with E-state index in [1.54, 1.807) is 24.3 Å². The lowest BCUT2D eigenvalue weighted by Gasteiger charge is -2.12. The molecule has 0 radical (unpaired) electrons. The number of anilines is 2. The first-order valence-corrected chi connectivity index (χ1v) is 10.1. The summed E-state index contributed by atoms with van der Waals surface area (Å²) in [7, 11) is 0.000433. The average Bonchev–Trinajstić information content (AvgIpc) is 3.26. The lowest BCUT2D eigenvalue weighted by atomic mass is 10.2. The average molecular weight is 384 g/mol. The number of nitrogens with zero attached hydrogens (tertiary/aromatic N) is 5. The molecule has 8 nitrogen and oxygen atoms in total. The summed E-state index contributed by atoms with van der Waals surface area (Å²) < 4.78 is 29.8. The van der Waals surface area contributed by atoms with E-state index >= 15 is 0 Å². The van der Waals surface area contributed by atoms with Gasteiger partial charge in [0.1, 0.15) is 16.5 Å². The van der Waals surface area contributed by atoms with Crippen LogP contribution in [-0.4, -0.2) is 42.3 Å². The Morgan fingerprint density at radius 3 is 2.52 bits per heavy atom. The van der Waals surface area contributed by atoms with E-state index in [1.807, 2.05) is 31.1 Å². The molecule has 2 aromatic heterocycles. The minimum absolute atomic E-state index is 0.118. The van der Waals surface area contributed by atoms with Crippen LogP contribution in [0.15, 0.2) is 47.5 Å². The number of aromatic nitrogens is 4. The molecule has 1 aromatic carbocycles. The zero-order valence-corrected chi connectivity index (χ0v) is 15.9. The van der Waals surface area contributed by atoms with Gasteiger partial charge in [-0.2, -0.15) is 0 Å². The molecular weight excluding hydrogens is 364 g/mol. The topological polar surface area (TPSA) is 93.0 Å². The lowest BCUT2D eigenvalue weighted by molar-refractivity contribution is 0.601. The van der Waals surface area contributed by atoms with Gasteiger partial charge in [0.2, 0.25) is 0 Å². The predicted molar refractivity (Wildman–Crippen MR) is 103 cm³/mol. The zero-order chi connectivity index (χ0) is 19.0. The van der Waals surface area contributed by atoms with Gasteiger partial charge in [0.05, 0.1) is 0 Å². The number of sulfonamides is 1. The molecule has 4 rings (SSSR count). The monoisotopic (exact) mass is 384 g/mol. The summed E-state index contributed by atoms with van der Waals surface area (Å²) in [6.07, 6.45) is 3.38. The second-order valence-corrected chi connectivity index (χ2v) is 8.31. The van der Waals surface area contributed by atoms with E-state index in [4.69, 9.17) is 0 Å². The van der Waals surface area contributed by atoms with Crippen molar-refractivity contribution in [2.24, 2.45) is 0 Å². The first-order valence-electron chi connectivity index (χ1n) is 8.63. The molecular formula is C18H20N6O2S. The van der Waals surface area contributed by atoms with E-state index < -0.39 is 10.0 Å². The van der Waals surface area contributed by atoms with Crippen LogP contribution < -0.4 is 9.62 Å². The highest BCUT2D eigenvalue weighted by Crippen LogP contribution is 2.25. The van der Waals surface area contributed by atoms with E-state index in [0.717, 1.165) is 36.6 Å². The SMILES string of the molecule is CN(C)c1ccc(S(=O)(=O)Nc2ccc(-c3nnc4n3CCC4)cc2)cn1. The van der Waals surface area contributed by atoms with Crippen molar-refractivity contribution in [2.45, 2.75) is 24.3 Å². The molecule has 9 heteroatoms. The summed E-state index contributed by atoms with van der Waals surface area (Å²) in [6, 6.07) is 10.4. The van der Waals surface area contributed by atoms with Crippen LogP contribution in [0.1, 0.15) is 12.2 Å². The molecule has 1 aliphatic rings. The fourth-order valence-electron chi connectivity index (χ4n) is 3.06. The van der Waals surface area contributed by atoms with Gasteiger partial charge in [-0.3, -0.25) is 4.72 Å². The predicted octanol–water partition coefficient (Wildman–Crippen LogP) is 2.15. The second kappa shape index (κ2) is 6.66. The van der Waals surface area contributed by atoms with Crippen LogP contribution in [0.25, 0.3) is 11.4 Å². The van der Waals surface area contributed by atoms with Crippen molar-refractivity contribution in [2.75, 3.05) is 23.7 Å². The van der Waals surface area contributed by atoms with Gasteiger partial charge in [-0.05, 0) is 42.8 Å². The van der Waals surface area contributed by atoms with E-state index in [2.05, 4.69) is 24.5 Å². The summed E-state index contributed by atoms with van der Waals surface area (Å²) in [4.78, 5) is 6.08. The van der Waals surface area contributed by atoms with Crippen LogP contribution >= 0.6 is 0 Å². The number of hydrogen-bond donors (Lipinski definition) is 1. The molecule has 1 N–H and O–H groups in total. The third-order valence-corrected chi connectivity index (χ3v) is 5.86. The Hall–Kier alpha value is -2.94.